The summed E-state index contributed by atoms with van der Waals surface area (Å²) in [6, 6.07) is 13.0. The molecule has 0 radical (unpaired) electrons. The van der Waals surface area contributed by atoms with Crippen LogP contribution in [0.5, 0.6) is 0 Å². The second-order valence-corrected chi connectivity index (χ2v) is 12.4. The van der Waals surface area contributed by atoms with Crippen molar-refractivity contribution in [3.63, 3.8) is 0 Å². The van der Waals surface area contributed by atoms with Gasteiger partial charge in [-0.2, -0.15) is 0 Å². The van der Waals surface area contributed by atoms with Crippen LogP contribution in [0.3, 0.4) is 0 Å². The molecule has 34 heavy (non-hydrogen) atoms. The van der Waals surface area contributed by atoms with Crippen molar-refractivity contribution in [2.45, 2.75) is 88.5 Å². The van der Waals surface area contributed by atoms with E-state index in [1.807, 2.05) is 0 Å². The summed E-state index contributed by atoms with van der Waals surface area (Å²) in [5, 5.41) is 1.44. The van der Waals surface area contributed by atoms with Crippen molar-refractivity contribution in [1.29, 1.82) is 0 Å². The van der Waals surface area contributed by atoms with Crippen molar-refractivity contribution in [3.8, 4) is 11.1 Å². The molecule has 0 bridgehead atoms. The number of hydrogen-bond donors (Lipinski definition) is 0. The van der Waals surface area contributed by atoms with E-state index in [-0.39, 0.29) is 36.6 Å². The average molecular weight is 592 g/mol. The van der Waals surface area contributed by atoms with E-state index in [4.69, 9.17) is 18.6 Å². The molecule has 2 heterocycles. The average Bonchev–Trinajstić information content (AvgIpc) is 3.12. The normalized spacial score (nSPS) is 22.4. The molecule has 2 aliphatic heterocycles. The third-order valence-corrected chi connectivity index (χ3v) is 9.13. The highest BCUT2D eigenvalue weighted by atomic mass is 79.9. The molecule has 0 saturated carbocycles. The van der Waals surface area contributed by atoms with Gasteiger partial charge in [0.25, 0.3) is 0 Å². The van der Waals surface area contributed by atoms with E-state index in [1.165, 1.54) is 0 Å². The molecule has 0 atom stereocenters. The van der Waals surface area contributed by atoms with E-state index in [1.54, 1.807) is 0 Å². The lowest BCUT2D eigenvalue weighted by molar-refractivity contribution is 0.00578. The molecule has 182 valence electrons. The first-order chi connectivity index (χ1) is 15.7. The number of hydrogen-bond acceptors (Lipinski definition) is 4. The minimum absolute atomic E-state index is 0.367. The van der Waals surface area contributed by atoms with Crippen LogP contribution >= 0.6 is 31.9 Å². The van der Waals surface area contributed by atoms with Gasteiger partial charge in [0.05, 0.1) is 22.4 Å². The zero-order chi connectivity index (χ0) is 25.1. The monoisotopic (exact) mass is 590 g/mol. The number of alkyl halides is 2. The smallest absolute Gasteiger partial charge is 0.399 e. The quantitative estimate of drug-likeness (QED) is 0.328. The summed E-state index contributed by atoms with van der Waals surface area (Å²) in [4.78, 5) is 0. The summed E-state index contributed by atoms with van der Waals surface area (Å²) in [7, 11) is -0.758. The highest BCUT2D eigenvalue weighted by Crippen LogP contribution is 2.38. The van der Waals surface area contributed by atoms with Gasteiger partial charge >= 0.3 is 14.2 Å². The van der Waals surface area contributed by atoms with E-state index in [2.05, 4.69) is 124 Å². The standard InChI is InChI=1S/C26H34B2Br2O4/c1-23(2)24(3,4)32-27(31-23)21-11-9-17(13-19(21)15-29)18-10-12-22(20(14-18)16-30)28-33-25(5,6)26(7,8)34-28/h9-14H,15-16H2,1-8H3. The molecular formula is C26H34B2Br2O4. The fraction of sp³-hybridized carbons (Fsp3) is 0.538. The van der Waals surface area contributed by atoms with Crippen LogP contribution in [0.2, 0.25) is 0 Å². The fourth-order valence-electron chi connectivity index (χ4n) is 4.20. The van der Waals surface area contributed by atoms with E-state index >= 15 is 0 Å². The van der Waals surface area contributed by atoms with Gasteiger partial charge in [0, 0.05) is 10.7 Å². The Bertz CT molecular complexity index is 967. The van der Waals surface area contributed by atoms with Crippen LogP contribution in [-0.4, -0.2) is 36.6 Å². The lowest BCUT2D eigenvalue weighted by atomic mass is 9.74. The Kier molecular flexibility index (Phi) is 7.03. The minimum atomic E-state index is -0.379. The first kappa shape index (κ1) is 26.4. The van der Waals surface area contributed by atoms with Crippen LogP contribution in [0.25, 0.3) is 11.1 Å². The van der Waals surface area contributed by atoms with Gasteiger partial charge < -0.3 is 18.6 Å². The number of benzene rings is 2. The van der Waals surface area contributed by atoms with Gasteiger partial charge in [0.1, 0.15) is 0 Å². The molecule has 2 aromatic carbocycles. The van der Waals surface area contributed by atoms with Crippen LogP contribution < -0.4 is 10.9 Å². The maximum absolute atomic E-state index is 6.30. The molecule has 2 fully saturated rings. The predicted molar refractivity (Wildman–Crippen MR) is 149 cm³/mol. The second kappa shape index (κ2) is 9.04. The molecule has 0 spiro atoms. The van der Waals surface area contributed by atoms with Crippen LogP contribution in [0.15, 0.2) is 36.4 Å². The molecule has 0 aliphatic carbocycles. The Morgan fingerprint density at radius 1 is 0.559 bits per heavy atom. The molecule has 0 amide bonds. The Morgan fingerprint density at radius 2 is 0.853 bits per heavy atom. The van der Waals surface area contributed by atoms with Crippen molar-refractivity contribution >= 4 is 57.0 Å². The van der Waals surface area contributed by atoms with E-state index in [9.17, 15) is 0 Å². The van der Waals surface area contributed by atoms with E-state index in [0.29, 0.717) is 0 Å². The van der Waals surface area contributed by atoms with Crippen LogP contribution in [0.1, 0.15) is 66.5 Å². The van der Waals surface area contributed by atoms with Crippen LogP contribution in [0.4, 0.5) is 0 Å². The van der Waals surface area contributed by atoms with Crippen molar-refractivity contribution in [1.82, 2.24) is 0 Å². The van der Waals surface area contributed by atoms with Gasteiger partial charge in [0.15, 0.2) is 0 Å². The number of halogens is 2. The Hall–Kier alpha value is -0.630. The maximum atomic E-state index is 6.30. The van der Waals surface area contributed by atoms with Gasteiger partial charge in [0.2, 0.25) is 0 Å². The summed E-state index contributed by atoms with van der Waals surface area (Å²) < 4.78 is 25.2. The first-order valence-corrected chi connectivity index (χ1v) is 14.0. The molecule has 0 aromatic heterocycles. The van der Waals surface area contributed by atoms with Gasteiger partial charge in [-0.1, -0.05) is 68.3 Å². The largest absolute Gasteiger partial charge is 0.495 e. The van der Waals surface area contributed by atoms with Crippen LogP contribution in [-0.2, 0) is 29.3 Å². The number of rotatable bonds is 5. The zero-order valence-electron chi connectivity index (χ0n) is 21.4. The molecule has 2 aromatic rings. The van der Waals surface area contributed by atoms with Gasteiger partial charge in [-0.3, -0.25) is 0 Å². The van der Waals surface area contributed by atoms with Gasteiger partial charge in [-0.25, -0.2) is 0 Å². The lowest BCUT2D eigenvalue weighted by Crippen LogP contribution is -2.41. The molecule has 2 aliphatic rings. The fourth-order valence-corrected chi connectivity index (χ4v) is 5.17. The predicted octanol–water partition coefficient (Wildman–Crippen LogP) is 5.74. The molecule has 0 N–H and O–H groups in total. The Morgan fingerprint density at radius 3 is 1.12 bits per heavy atom. The molecule has 4 rings (SSSR count). The second-order valence-electron chi connectivity index (χ2n) is 11.3. The first-order valence-electron chi connectivity index (χ1n) is 11.8. The maximum Gasteiger partial charge on any atom is 0.495 e. The summed E-state index contributed by atoms with van der Waals surface area (Å²) in [6.07, 6.45) is 0. The van der Waals surface area contributed by atoms with Crippen molar-refractivity contribution in [3.05, 3.63) is 47.5 Å². The zero-order valence-corrected chi connectivity index (χ0v) is 24.6. The van der Waals surface area contributed by atoms with Crippen LogP contribution in [0, 0.1) is 0 Å². The highest BCUT2D eigenvalue weighted by molar-refractivity contribution is 9.08. The lowest BCUT2D eigenvalue weighted by Gasteiger charge is -2.32. The molecular weight excluding hydrogens is 558 g/mol. The third-order valence-electron chi connectivity index (χ3n) is 7.92. The Balaban J connectivity index is 1.64. The van der Waals surface area contributed by atoms with E-state index < -0.39 is 0 Å². The van der Waals surface area contributed by atoms with Gasteiger partial charge in [-0.15, -0.1) is 0 Å². The highest BCUT2D eigenvalue weighted by Gasteiger charge is 2.53. The molecule has 0 unspecified atom stereocenters. The summed E-state index contributed by atoms with van der Waals surface area (Å²) in [5.41, 5.74) is 5.28. The molecule has 2 saturated heterocycles. The SMILES string of the molecule is CC1(C)OB(c2ccc(-c3ccc(B4OC(C)(C)C(C)(C)O4)c(CBr)c3)cc2CBr)OC1(C)C. The Labute approximate surface area is 222 Å². The molecule has 8 heteroatoms. The molecule has 4 nitrogen and oxygen atoms in total. The topological polar surface area (TPSA) is 36.9 Å². The summed E-state index contributed by atoms with van der Waals surface area (Å²) in [6.45, 7) is 16.7. The minimum Gasteiger partial charge on any atom is -0.399 e. The third kappa shape index (κ3) is 4.59. The van der Waals surface area contributed by atoms with Crippen molar-refractivity contribution in [2.75, 3.05) is 0 Å². The van der Waals surface area contributed by atoms with E-state index in [0.717, 1.165) is 43.8 Å². The van der Waals surface area contributed by atoms with Gasteiger partial charge in [-0.05, 0) is 88.6 Å². The van der Waals surface area contributed by atoms with Crippen molar-refractivity contribution in [2.24, 2.45) is 0 Å². The summed E-state index contributed by atoms with van der Waals surface area (Å²) >= 11 is 7.35. The summed E-state index contributed by atoms with van der Waals surface area (Å²) in [5.74, 6) is 0. The van der Waals surface area contributed by atoms with Crippen molar-refractivity contribution < 1.29 is 18.6 Å².